The standard InChI is InChI=1S/C43H27N2/c1-2-13-31-26-33(21-20-28(31)10-1)32-14-9-15-34(27-32)43-37-18-7-8-19-38(37)45(43)44-39-24-22-29-11-3-5-16-35(29)41(39)42-36-17-6-4-12-30(36)23-25-40(42)44/h1-27H/q+1. The van der Waals surface area contributed by atoms with Crippen molar-refractivity contribution in [2.45, 2.75) is 0 Å². The van der Waals surface area contributed by atoms with E-state index < -0.39 is 0 Å². The fraction of sp³-hybridized carbons (Fsp3) is 0. The zero-order valence-electron chi connectivity index (χ0n) is 24.5. The normalized spacial score (nSPS) is 12.8. The molecule has 0 saturated carbocycles. The van der Waals surface area contributed by atoms with Gasteiger partial charge in [0.2, 0.25) is 0 Å². The van der Waals surface area contributed by atoms with Gasteiger partial charge in [-0.15, -0.1) is 4.68 Å². The second-order valence-corrected chi connectivity index (χ2v) is 12.0. The first kappa shape index (κ1) is 24.5. The third-order valence-corrected chi connectivity index (χ3v) is 9.54. The smallest absolute Gasteiger partial charge is 0.114 e. The fourth-order valence-electron chi connectivity index (χ4n) is 7.48. The Labute approximate surface area is 260 Å². The molecule has 0 bridgehead atoms. The molecule has 2 nitrogen and oxygen atoms in total. The Morgan fingerprint density at radius 2 is 0.933 bits per heavy atom. The highest BCUT2D eigenvalue weighted by molar-refractivity contribution is 6.29. The van der Waals surface area contributed by atoms with E-state index in [0.29, 0.717) is 0 Å². The number of hydrogen-bond acceptors (Lipinski definition) is 0. The summed E-state index contributed by atoms with van der Waals surface area (Å²) in [5.41, 5.74) is 9.76. The topological polar surface area (TPSA) is 7.94 Å². The number of rotatable bonds is 3. The summed E-state index contributed by atoms with van der Waals surface area (Å²) in [6.07, 6.45) is 0. The maximum Gasteiger partial charge on any atom is 0.258 e. The minimum Gasteiger partial charge on any atom is -0.114 e. The number of para-hydroxylation sites is 1. The highest BCUT2D eigenvalue weighted by Crippen LogP contribution is 2.42. The van der Waals surface area contributed by atoms with E-state index >= 15 is 0 Å². The van der Waals surface area contributed by atoms with Crippen LogP contribution in [0.2, 0.25) is 0 Å². The van der Waals surface area contributed by atoms with Gasteiger partial charge in [-0.05, 0) is 79.8 Å². The average molecular weight is 572 g/mol. The molecule has 0 N–H and O–H groups in total. The average Bonchev–Trinajstić information content (AvgIpc) is 3.43. The Morgan fingerprint density at radius 1 is 0.378 bits per heavy atom. The Kier molecular flexibility index (Phi) is 5.03. The van der Waals surface area contributed by atoms with Crippen molar-refractivity contribution in [2.24, 2.45) is 0 Å². The molecule has 0 atom stereocenters. The van der Waals surface area contributed by atoms with Crippen molar-refractivity contribution in [3.05, 3.63) is 175 Å². The van der Waals surface area contributed by atoms with Gasteiger partial charge in [-0.1, -0.05) is 126 Å². The van der Waals surface area contributed by atoms with Crippen molar-refractivity contribution in [2.75, 3.05) is 0 Å². The molecular weight excluding hydrogens is 544 g/mol. The molecule has 45 heavy (non-hydrogen) atoms. The number of fused-ring (bicyclic) bond motifs is 9. The molecule has 10 rings (SSSR count). The molecule has 1 aromatic heterocycles. The molecule has 2 heterocycles. The summed E-state index contributed by atoms with van der Waals surface area (Å²) in [5.74, 6) is 0. The lowest BCUT2D eigenvalue weighted by Crippen LogP contribution is -2.37. The van der Waals surface area contributed by atoms with Gasteiger partial charge in [0.1, 0.15) is 16.6 Å². The molecule has 2 heteroatoms. The lowest BCUT2D eigenvalue weighted by atomic mass is 9.92. The lowest BCUT2D eigenvalue weighted by molar-refractivity contribution is 0.683. The van der Waals surface area contributed by atoms with E-state index in [-0.39, 0.29) is 0 Å². The van der Waals surface area contributed by atoms with Crippen LogP contribution in [0.4, 0.5) is 5.69 Å². The van der Waals surface area contributed by atoms with Crippen LogP contribution < -0.4 is 4.68 Å². The van der Waals surface area contributed by atoms with Gasteiger partial charge in [0.25, 0.3) is 11.4 Å². The van der Waals surface area contributed by atoms with E-state index in [1.165, 1.54) is 87.8 Å². The molecule has 1 aliphatic heterocycles. The van der Waals surface area contributed by atoms with E-state index in [2.05, 4.69) is 173 Å². The van der Waals surface area contributed by atoms with E-state index in [4.69, 9.17) is 0 Å². The predicted molar refractivity (Wildman–Crippen MR) is 191 cm³/mol. The monoisotopic (exact) mass is 571 g/mol. The van der Waals surface area contributed by atoms with Gasteiger partial charge in [-0.25, -0.2) is 0 Å². The van der Waals surface area contributed by atoms with Gasteiger partial charge in [0.15, 0.2) is 0 Å². The van der Waals surface area contributed by atoms with Crippen LogP contribution >= 0.6 is 0 Å². The maximum absolute atomic E-state index is 2.45. The molecule has 1 aliphatic rings. The molecule has 0 unspecified atom stereocenters. The van der Waals surface area contributed by atoms with Crippen LogP contribution in [0.3, 0.4) is 0 Å². The SMILES string of the molecule is c1cc(C2=[N+](n3c4ccc5ccccc5c4c4c5ccccc5ccc43)c3ccccc32)cc(-c2ccc3ccccc3c2)c1. The van der Waals surface area contributed by atoms with Crippen molar-refractivity contribution >= 4 is 65.5 Å². The first-order valence-corrected chi connectivity index (χ1v) is 15.5. The van der Waals surface area contributed by atoms with Crippen molar-refractivity contribution in [3.63, 3.8) is 0 Å². The van der Waals surface area contributed by atoms with Crippen LogP contribution in [0.1, 0.15) is 11.1 Å². The Hall–Kier alpha value is -5.99. The van der Waals surface area contributed by atoms with E-state index in [9.17, 15) is 0 Å². The van der Waals surface area contributed by atoms with E-state index in [0.717, 1.165) is 0 Å². The zero-order chi connectivity index (χ0) is 29.5. The summed E-state index contributed by atoms with van der Waals surface area (Å²) in [4.78, 5) is 0. The number of nitrogens with zero attached hydrogens (tertiary/aromatic N) is 2. The van der Waals surface area contributed by atoms with Gasteiger partial charge in [0.05, 0.1) is 5.56 Å². The van der Waals surface area contributed by atoms with Gasteiger partial charge in [-0.3, -0.25) is 0 Å². The third-order valence-electron chi connectivity index (χ3n) is 9.54. The van der Waals surface area contributed by atoms with Gasteiger partial charge in [-0.2, -0.15) is 0 Å². The van der Waals surface area contributed by atoms with Crippen molar-refractivity contribution < 1.29 is 0 Å². The molecule has 208 valence electrons. The Bertz CT molecular complexity index is 2610. The summed E-state index contributed by atoms with van der Waals surface area (Å²) in [5, 5.41) is 10.2. The first-order chi connectivity index (χ1) is 22.3. The molecule has 0 aliphatic carbocycles. The second-order valence-electron chi connectivity index (χ2n) is 12.0. The largest absolute Gasteiger partial charge is 0.258 e. The van der Waals surface area contributed by atoms with Crippen LogP contribution in [0.15, 0.2) is 164 Å². The van der Waals surface area contributed by atoms with Gasteiger partial charge < -0.3 is 0 Å². The number of benzene rings is 8. The van der Waals surface area contributed by atoms with Crippen LogP contribution in [-0.2, 0) is 0 Å². The van der Waals surface area contributed by atoms with E-state index in [1.807, 2.05) is 0 Å². The highest BCUT2D eigenvalue weighted by Gasteiger charge is 2.40. The highest BCUT2D eigenvalue weighted by atomic mass is 15.5. The zero-order valence-corrected chi connectivity index (χ0v) is 24.5. The summed E-state index contributed by atoms with van der Waals surface area (Å²) in [7, 11) is 0. The molecule has 0 amide bonds. The van der Waals surface area contributed by atoms with Crippen molar-refractivity contribution in [1.82, 2.24) is 9.36 Å². The predicted octanol–water partition coefficient (Wildman–Crippen LogP) is 10.7. The minimum atomic E-state index is 1.20. The summed E-state index contributed by atoms with van der Waals surface area (Å²) >= 11 is 0. The van der Waals surface area contributed by atoms with Crippen LogP contribution in [-0.4, -0.2) is 10.4 Å². The summed E-state index contributed by atoms with van der Waals surface area (Å²) in [6.45, 7) is 0. The molecule has 0 spiro atoms. The Morgan fingerprint density at radius 3 is 1.67 bits per heavy atom. The first-order valence-electron chi connectivity index (χ1n) is 15.5. The quantitative estimate of drug-likeness (QED) is 0.186. The molecular formula is C43H27N2+. The van der Waals surface area contributed by atoms with Crippen LogP contribution in [0, 0.1) is 0 Å². The molecule has 9 aromatic rings. The minimum absolute atomic E-state index is 1.20. The fourth-order valence-corrected chi connectivity index (χ4v) is 7.48. The maximum atomic E-state index is 2.45. The third kappa shape index (κ3) is 3.48. The van der Waals surface area contributed by atoms with Crippen molar-refractivity contribution in [1.29, 1.82) is 0 Å². The summed E-state index contributed by atoms with van der Waals surface area (Å²) in [6, 6.07) is 59.8. The van der Waals surface area contributed by atoms with Gasteiger partial charge >= 0.3 is 0 Å². The number of hydrogen-bond donors (Lipinski definition) is 0. The van der Waals surface area contributed by atoms with E-state index in [1.54, 1.807) is 0 Å². The number of aromatic nitrogens is 1. The molecule has 0 radical (unpaired) electrons. The van der Waals surface area contributed by atoms with Crippen LogP contribution in [0.25, 0.3) is 65.3 Å². The Balaban J connectivity index is 1.29. The van der Waals surface area contributed by atoms with Crippen LogP contribution in [0.5, 0.6) is 0 Å². The molecule has 8 aromatic carbocycles. The lowest BCUT2D eigenvalue weighted by Gasteiger charge is -2.21. The second kappa shape index (κ2) is 9.25. The van der Waals surface area contributed by atoms with Crippen molar-refractivity contribution in [3.8, 4) is 11.1 Å². The molecule has 0 fully saturated rings. The van der Waals surface area contributed by atoms with Gasteiger partial charge in [0, 0.05) is 16.8 Å². The summed E-state index contributed by atoms with van der Waals surface area (Å²) < 4.78 is 4.88. The molecule has 0 saturated heterocycles.